The fourth-order valence-electron chi connectivity index (χ4n) is 2.31. The molecule has 1 aliphatic rings. The zero-order chi connectivity index (χ0) is 14.5. The van der Waals surface area contributed by atoms with Crippen molar-refractivity contribution >= 4 is 5.91 Å². The highest BCUT2D eigenvalue weighted by Gasteiger charge is 2.25. The Kier molecular flexibility index (Phi) is 4.84. The molecule has 0 aromatic heterocycles. The molecule has 0 saturated carbocycles. The Morgan fingerprint density at radius 3 is 2.60 bits per heavy atom. The number of carbonyl (C=O) groups excluding carboxylic acids is 1. The Labute approximate surface area is 119 Å². The molecule has 2 unspecified atom stereocenters. The Morgan fingerprint density at radius 1 is 1.30 bits per heavy atom. The molecule has 5 nitrogen and oxygen atoms in total. The van der Waals surface area contributed by atoms with Crippen LogP contribution in [0.15, 0.2) is 24.3 Å². The van der Waals surface area contributed by atoms with Crippen LogP contribution in [0.3, 0.4) is 0 Å². The molecule has 1 aliphatic heterocycles. The van der Waals surface area contributed by atoms with Crippen LogP contribution in [0.5, 0.6) is 11.5 Å². The van der Waals surface area contributed by atoms with E-state index in [9.17, 15) is 4.79 Å². The van der Waals surface area contributed by atoms with Gasteiger partial charge < -0.3 is 19.1 Å². The van der Waals surface area contributed by atoms with Crippen molar-refractivity contribution in [2.75, 3.05) is 26.8 Å². The second kappa shape index (κ2) is 6.61. The lowest BCUT2D eigenvalue weighted by molar-refractivity contribution is -0.145. The first-order chi connectivity index (χ1) is 9.58. The number of ether oxygens (including phenoxy) is 3. The molecule has 1 aromatic rings. The first-order valence-electron chi connectivity index (χ1n) is 6.78. The number of hydrogen-bond donors (Lipinski definition) is 0. The lowest BCUT2D eigenvalue weighted by Crippen LogP contribution is -2.49. The predicted octanol–water partition coefficient (Wildman–Crippen LogP) is 1.71. The van der Waals surface area contributed by atoms with Gasteiger partial charge in [0.1, 0.15) is 11.5 Å². The first kappa shape index (κ1) is 14.7. The number of morpholine rings is 1. The predicted molar refractivity (Wildman–Crippen MR) is 75.1 cm³/mol. The molecule has 0 bridgehead atoms. The van der Waals surface area contributed by atoms with Crippen molar-refractivity contribution in [1.82, 2.24) is 4.90 Å². The van der Waals surface area contributed by atoms with Crippen LogP contribution >= 0.6 is 0 Å². The summed E-state index contributed by atoms with van der Waals surface area (Å²) in [5.74, 6) is 1.32. The van der Waals surface area contributed by atoms with Gasteiger partial charge in [-0.15, -0.1) is 0 Å². The molecule has 20 heavy (non-hydrogen) atoms. The summed E-state index contributed by atoms with van der Waals surface area (Å²) in [6, 6.07) is 7.23. The first-order valence-corrected chi connectivity index (χ1v) is 6.78. The molecule has 0 radical (unpaired) electrons. The van der Waals surface area contributed by atoms with Crippen LogP contribution < -0.4 is 9.47 Å². The van der Waals surface area contributed by atoms with Crippen LogP contribution in [0.1, 0.15) is 13.8 Å². The molecule has 2 atom stereocenters. The van der Waals surface area contributed by atoms with Gasteiger partial charge in [-0.2, -0.15) is 0 Å². The fraction of sp³-hybridized carbons (Fsp3) is 0.533. The van der Waals surface area contributed by atoms with Gasteiger partial charge in [0.25, 0.3) is 5.91 Å². The molecule has 1 saturated heterocycles. The maximum Gasteiger partial charge on any atom is 0.260 e. The standard InChI is InChI=1S/C15H21NO4/c1-11-8-16(9-12(2)20-11)15(17)10-19-14-6-4-5-13(7-14)18-3/h4-7,11-12H,8-10H2,1-3H3. The summed E-state index contributed by atoms with van der Waals surface area (Å²) in [4.78, 5) is 13.9. The topological polar surface area (TPSA) is 48.0 Å². The average Bonchev–Trinajstić information content (AvgIpc) is 2.44. The summed E-state index contributed by atoms with van der Waals surface area (Å²) in [7, 11) is 1.60. The van der Waals surface area contributed by atoms with E-state index in [2.05, 4.69) is 0 Å². The van der Waals surface area contributed by atoms with Crippen LogP contribution in [-0.4, -0.2) is 49.8 Å². The van der Waals surface area contributed by atoms with Crippen LogP contribution in [0.2, 0.25) is 0 Å². The third-order valence-corrected chi connectivity index (χ3v) is 3.18. The molecule has 0 aliphatic carbocycles. The number of benzene rings is 1. The lowest BCUT2D eigenvalue weighted by atomic mass is 10.2. The van der Waals surface area contributed by atoms with Crippen molar-refractivity contribution in [1.29, 1.82) is 0 Å². The molecule has 5 heteroatoms. The Morgan fingerprint density at radius 2 is 1.95 bits per heavy atom. The van der Waals surface area contributed by atoms with E-state index in [1.807, 2.05) is 26.0 Å². The highest BCUT2D eigenvalue weighted by atomic mass is 16.5. The monoisotopic (exact) mass is 279 g/mol. The van der Waals surface area contributed by atoms with Gasteiger partial charge >= 0.3 is 0 Å². The molecule has 2 rings (SSSR count). The molecule has 0 spiro atoms. The van der Waals surface area contributed by atoms with Gasteiger partial charge in [-0.1, -0.05) is 6.07 Å². The van der Waals surface area contributed by atoms with Gasteiger partial charge in [0.2, 0.25) is 0 Å². The van der Waals surface area contributed by atoms with Gasteiger partial charge in [0.05, 0.1) is 19.3 Å². The van der Waals surface area contributed by atoms with E-state index < -0.39 is 0 Å². The number of methoxy groups -OCH3 is 1. The highest BCUT2D eigenvalue weighted by molar-refractivity contribution is 5.78. The molecule has 0 N–H and O–H groups in total. The molecule has 110 valence electrons. The van der Waals surface area contributed by atoms with Gasteiger partial charge in [-0.3, -0.25) is 4.79 Å². The fourth-order valence-corrected chi connectivity index (χ4v) is 2.31. The third kappa shape index (κ3) is 3.87. The number of rotatable bonds is 4. The summed E-state index contributed by atoms with van der Waals surface area (Å²) >= 11 is 0. The SMILES string of the molecule is COc1cccc(OCC(=O)N2CC(C)OC(C)C2)c1. The normalized spacial score (nSPS) is 22.4. The number of nitrogens with zero attached hydrogens (tertiary/aromatic N) is 1. The average molecular weight is 279 g/mol. The van der Waals surface area contributed by atoms with Crippen LogP contribution in [0.25, 0.3) is 0 Å². The van der Waals surface area contributed by atoms with Crippen LogP contribution in [0.4, 0.5) is 0 Å². The quantitative estimate of drug-likeness (QED) is 0.842. The minimum atomic E-state index is -0.0187. The van der Waals surface area contributed by atoms with Crippen molar-refractivity contribution in [3.8, 4) is 11.5 Å². The van der Waals surface area contributed by atoms with Gasteiger partial charge in [-0.05, 0) is 26.0 Å². The minimum Gasteiger partial charge on any atom is -0.497 e. The van der Waals surface area contributed by atoms with Crippen molar-refractivity contribution in [2.45, 2.75) is 26.1 Å². The summed E-state index contributed by atoms with van der Waals surface area (Å²) < 4.78 is 16.2. The van der Waals surface area contributed by atoms with E-state index in [4.69, 9.17) is 14.2 Å². The Balaban J connectivity index is 1.88. The number of hydrogen-bond acceptors (Lipinski definition) is 4. The van der Waals surface area contributed by atoms with Crippen LogP contribution in [-0.2, 0) is 9.53 Å². The molecular formula is C15H21NO4. The molecular weight excluding hydrogens is 258 g/mol. The second-order valence-corrected chi connectivity index (χ2v) is 5.02. The van der Waals surface area contributed by atoms with Crippen molar-refractivity contribution in [2.24, 2.45) is 0 Å². The van der Waals surface area contributed by atoms with E-state index in [0.29, 0.717) is 24.6 Å². The molecule has 1 aromatic carbocycles. The Hall–Kier alpha value is -1.75. The van der Waals surface area contributed by atoms with Crippen LogP contribution in [0, 0.1) is 0 Å². The maximum absolute atomic E-state index is 12.1. The summed E-state index contributed by atoms with van der Waals surface area (Å²) in [6.45, 7) is 5.21. The molecule has 1 amide bonds. The Bertz CT molecular complexity index is 453. The molecule has 1 fully saturated rings. The number of amides is 1. The summed E-state index contributed by atoms with van der Waals surface area (Å²) in [5, 5.41) is 0. The maximum atomic E-state index is 12.1. The van der Waals surface area contributed by atoms with Gasteiger partial charge in [0.15, 0.2) is 6.61 Å². The highest BCUT2D eigenvalue weighted by Crippen LogP contribution is 2.19. The second-order valence-electron chi connectivity index (χ2n) is 5.02. The summed E-state index contributed by atoms with van der Waals surface area (Å²) in [5.41, 5.74) is 0. The zero-order valence-corrected chi connectivity index (χ0v) is 12.2. The van der Waals surface area contributed by atoms with E-state index in [1.165, 1.54) is 0 Å². The van der Waals surface area contributed by atoms with E-state index in [-0.39, 0.29) is 24.7 Å². The van der Waals surface area contributed by atoms with E-state index in [0.717, 1.165) is 0 Å². The third-order valence-electron chi connectivity index (χ3n) is 3.18. The van der Waals surface area contributed by atoms with Gasteiger partial charge in [-0.25, -0.2) is 0 Å². The summed E-state index contributed by atoms with van der Waals surface area (Å²) in [6.07, 6.45) is 0.138. The van der Waals surface area contributed by atoms with Crippen molar-refractivity contribution in [3.05, 3.63) is 24.3 Å². The smallest absolute Gasteiger partial charge is 0.260 e. The minimum absolute atomic E-state index is 0.0187. The lowest BCUT2D eigenvalue weighted by Gasteiger charge is -2.35. The van der Waals surface area contributed by atoms with E-state index >= 15 is 0 Å². The van der Waals surface area contributed by atoms with E-state index in [1.54, 1.807) is 24.1 Å². The number of carbonyl (C=O) groups is 1. The molecule has 1 heterocycles. The van der Waals surface area contributed by atoms with Crippen molar-refractivity contribution < 1.29 is 19.0 Å². The van der Waals surface area contributed by atoms with Crippen molar-refractivity contribution in [3.63, 3.8) is 0 Å². The largest absolute Gasteiger partial charge is 0.497 e. The van der Waals surface area contributed by atoms with Gasteiger partial charge in [0, 0.05) is 19.2 Å². The zero-order valence-electron chi connectivity index (χ0n) is 12.2.